The van der Waals surface area contributed by atoms with Crippen LogP contribution in [0.4, 0.5) is 11.6 Å². The Morgan fingerprint density at radius 2 is 1.85 bits per heavy atom. The Bertz CT molecular complexity index is 825. The summed E-state index contributed by atoms with van der Waals surface area (Å²) in [7, 11) is -3.55. The highest BCUT2D eigenvalue weighted by atomic mass is 35.5. The summed E-state index contributed by atoms with van der Waals surface area (Å²) < 4.78 is 26.9. The second-order valence-electron chi connectivity index (χ2n) is 5.78. The first kappa shape index (κ1) is 18.8. The largest absolute Gasteiger partial charge is 0.369 e. The summed E-state index contributed by atoms with van der Waals surface area (Å²) in [6.45, 7) is 4.30. The molecular formula is C16H21ClN6O2S. The molecule has 1 aliphatic heterocycles. The lowest BCUT2D eigenvalue weighted by molar-refractivity contribution is 0.582. The fraction of sp³-hybridized carbons (Fsp3) is 0.375. The molecule has 0 saturated carbocycles. The molecule has 140 valence electrons. The highest BCUT2D eigenvalue weighted by Gasteiger charge is 2.14. The van der Waals surface area contributed by atoms with E-state index in [4.69, 9.17) is 11.6 Å². The van der Waals surface area contributed by atoms with Crippen LogP contribution in [0.5, 0.6) is 0 Å². The maximum atomic E-state index is 12.2. The molecule has 0 spiro atoms. The van der Waals surface area contributed by atoms with Gasteiger partial charge >= 0.3 is 0 Å². The molecule has 1 aromatic carbocycles. The normalized spacial score (nSPS) is 15.0. The number of nitrogens with zero attached hydrogens (tertiary/aromatic N) is 3. The number of nitrogens with one attached hydrogen (secondary N) is 3. The van der Waals surface area contributed by atoms with Gasteiger partial charge in [0.2, 0.25) is 10.0 Å². The average Bonchev–Trinajstić information content (AvgIpc) is 2.67. The molecule has 1 aromatic heterocycles. The second kappa shape index (κ2) is 8.63. The first-order valence-electron chi connectivity index (χ1n) is 8.31. The minimum absolute atomic E-state index is 0.185. The fourth-order valence-electron chi connectivity index (χ4n) is 2.58. The topological polar surface area (TPSA) is 99.2 Å². The summed E-state index contributed by atoms with van der Waals surface area (Å²) in [5.41, 5.74) is 0. The van der Waals surface area contributed by atoms with Crippen molar-refractivity contribution in [3.05, 3.63) is 41.7 Å². The van der Waals surface area contributed by atoms with Crippen molar-refractivity contribution in [2.45, 2.75) is 4.90 Å². The molecule has 3 N–H and O–H groups in total. The molecule has 0 aliphatic carbocycles. The number of sulfonamides is 1. The molecule has 0 amide bonds. The Labute approximate surface area is 158 Å². The van der Waals surface area contributed by atoms with Crippen molar-refractivity contribution < 1.29 is 8.42 Å². The van der Waals surface area contributed by atoms with Crippen LogP contribution in [0.3, 0.4) is 0 Å². The Kier molecular flexibility index (Phi) is 6.25. The first-order valence-corrected chi connectivity index (χ1v) is 10.2. The van der Waals surface area contributed by atoms with Gasteiger partial charge in [0.15, 0.2) is 0 Å². The smallest absolute Gasteiger partial charge is 0.240 e. The van der Waals surface area contributed by atoms with E-state index < -0.39 is 10.0 Å². The van der Waals surface area contributed by atoms with Crippen LogP contribution < -0.4 is 20.3 Å². The lowest BCUT2D eigenvalue weighted by atomic mass is 10.3. The van der Waals surface area contributed by atoms with Gasteiger partial charge in [0.1, 0.15) is 18.0 Å². The van der Waals surface area contributed by atoms with Gasteiger partial charge in [-0.3, -0.25) is 0 Å². The molecule has 8 nitrogen and oxygen atoms in total. The number of anilines is 2. The number of halogens is 1. The van der Waals surface area contributed by atoms with Crippen molar-refractivity contribution in [2.24, 2.45) is 0 Å². The van der Waals surface area contributed by atoms with Crippen molar-refractivity contribution in [1.82, 2.24) is 20.0 Å². The van der Waals surface area contributed by atoms with E-state index in [1.807, 2.05) is 6.07 Å². The summed E-state index contributed by atoms with van der Waals surface area (Å²) in [5, 5.41) is 6.91. The molecule has 0 radical (unpaired) electrons. The third kappa shape index (κ3) is 5.04. The molecule has 2 heterocycles. The zero-order valence-corrected chi connectivity index (χ0v) is 15.7. The molecule has 0 bridgehead atoms. The molecule has 26 heavy (non-hydrogen) atoms. The minimum Gasteiger partial charge on any atom is -0.369 e. The third-order valence-corrected chi connectivity index (χ3v) is 5.67. The van der Waals surface area contributed by atoms with E-state index >= 15 is 0 Å². The molecule has 3 rings (SSSR count). The Hall–Kier alpha value is -1.94. The van der Waals surface area contributed by atoms with Gasteiger partial charge in [-0.15, -0.1) is 0 Å². The molecule has 2 aromatic rings. The van der Waals surface area contributed by atoms with Gasteiger partial charge in [-0.1, -0.05) is 11.6 Å². The zero-order chi connectivity index (χ0) is 18.4. The number of benzene rings is 1. The van der Waals surface area contributed by atoms with Gasteiger partial charge in [-0.05, 0) is 24.3 Å². The standard InChI is InChI=1S/C16H21ClN6O2S/c17-13-1-3-14(4-2-13)26(24,25)22-6-5-19-15-11-16(21-12-20-15)23-9-7-18-8-10-23/h1-4,11-12,18,22H,5-10H2,(H,19,20,21). The van der Waals surface area contributed by atoms with Crippen LogP contribution >= 0.6 is 11.6 Å². The summed E-state index contributed by atoms with van der Waals surface area (Å²) in [5.74, 6) is 1.53. The number of hydrogen-bond donors (Lipinski definition) is 3. The van der Waals surface area contributed by atoms with Gasteiger partial charge in [-0.25, -0.2) is 23.1 Å². The lowest BCUT2D eigenvalue weighted by Crippen LogP contribution is -2.43. The van der Waals surface area contributed by atoms with Crippen LogP contribution in [0.25, 0.3) is 0 Å². The minimum atomic E-state index is -3.55. The highest BCUT2D eigenvalue weighted by molar-refractivity contribution is 7.89. The molecule has 0 atom stereocenters. The van der Waals surface area contributed by atoms with E-state index in [0.29, 0.717) is 17.4 Å². The van der Waals surface area contributed by atoms with Gasteiger partial charge in [0, 0.05) is 50.4 Å². The summed E-state index contributed by atoms with van der Waals surface area (Å²) in [4.78, 5) is 10.9. The van der Waals surface area contributed by atoms with Crippen LogP contribution in [-0.4, -0.2) is 57.7 Å². The van der Waals surface area contributed by atoms with Gasteiger partial charge in [0.25, 0.3) is 0 Å². The van der Waals surface area contributed by atoms with E-state index in [0.717, 1.165) is 32.0 Å². The molecule has 1 saturated heterocycles. The van der Waals surface area contributed by atoms with Gasteiger partial charge in [0.05, 0.1) is 4.90 Å². The Morgan fingerprint density at radius 1 is 1.12 bits per heavy atom. The summed E-state index contributed by atoms with van der Waals surface area (Å²) in [6.07, 6.45) is 1.51. The molecular weight excluding hydrogens is 376 g/mol. The van der Waals surface area contributed by atoms with E-state index in [9.17, 15) is 8.42 Å². The van der Waals surface area contributed by atoms with Crippen molar-refractivity contribution in [3.63, 3.8) is 0 Å². The SMILES string of the molecule is O=S(=O)(NCCNc1cc(N2CCNCC2)ncn1)c1ccc(Cl)cc1. The van der Waals surface area contributed by atoms with E-state index in [1.165, 1.54) is 18.5 Å². The maximum Gasteiger partial charge on any atom is 0.240 e. The summed E-state index contributed by atoms with van der Waals surface area (Å²) in [6, 6.07) is 7.92. The molecule has 1 aliphatic rings. The summed E-state index contributed by atoms with van der Waals surface area (Å²) >= 11 is 5.78. The van der Waals surface area contributed by atoms with E-state index in [2.05, 4.69) is 30.2 Å². The average molecular weight is 397 g/mol. The predicted molar refractivity (Wildman–Crippen MR) is 102 cm³/mol. The van der Waals surface area contributed by atoms with Crippen molar-refractivity contribution in [3.8, 4) is 0 Å². The number of aromatic nitrogens is 2. The third-order valence-electron chi connectivity index (χ3n) is 3.94. The van der Waals surface area contributed by atoms with Gasteiger partial charge < -0.3 is 15.5 Å². The number of hydrogen-bond acceptors (Lipinski definition) is 7. The van der Waals surface area contributed by atoms with Crippen LogP contribution in [0.2, 0.25) is 5.02 Å². The number of piperazine rings is 1. The van der Waals surface area contributed by atoms with Crippen LogP contribution in [0.15, 0.2) is 41.6 Å². The molecule has 0 unspecified atom stereocenters. The predicted octanol–water partition coefficient (Wildman–Crippen LogP) is 0.930. The second-order valence-corrected chi connectivity index (χ2v) is 7.98. The van der Waals surface area contributed by atoms with Crippen LogP contribution in [-0.2, 0) is 10.0 Å². The maximum absolute atomic E-state index is 12.2. The lowest BCUT2D eigenvalue weighted by Gasteiger charge is -2.28. The highest BCUT2D eigenvalue weighted by Crippen LogP contribution is 2.15. The zero-order valence-electron chi connectivity index (χ0n) is 14.2. The van der Waals surface area contributed by atoms with Crippen molar-refractivity contribution in [2.75, 3.05) is 49.5 Å². The molecule has 1 fully saturated rings. The first-order chi connectivity index (χ1) is 12.5. The quantitative estimate of drug-likeness (QED) is 0.599. The monoisotopic (exact) mass is 396 g/mol. The van der Waals surface area contributed by atoms with E-state index in [-0.39, 0.29) is 11.4 Å². The Morgan fingerprint density at radius 3 is 2.58 bits per heavy atom. The fourth-order valence-corrected chi connectivity index (χ4v) is 3.74. The van der Waals surface area contributed by atoms with Crippen molar-refractivity contribution >= 4 is 33.3 Å². The Balaban J connectivity index is 1.51. The van der Waals surface area contributed by atoms with Gasteiger partial charge in [-0.2, -0.15) is 0 Å². The molecule has 10 heteroatoms. The van der Waals surface area contributed by atoms with E-state index in [1.54, 1.807) is 12.1 Å². The van der Waals surface area contributed by atoms with Crippen LogP contribution in [0.1, 0.15) is 0 Å². The van der Waals surface area contributed by atoms with Crippen molar-refractivity contribution in [1.29, 1.82) is 0 Å². The number of rotatable bonds is 7. The van der Waals surface area contributed by atoms with Crippen LogP contribution in [0, 0.1) is 0 Å².